The van der Waals surface area contributed by atoms with Crippen LogP contribution in [-0.2, 0) is 4.74 Å². The third-order valence-electron chi connectivity index (χ3n) is 2.18. The number of hydrogen-bond donors (Lipinski definition) is 2. The molecule has 0 aromatic rings. The molecule has 0 unspecified atom stereocenters. The molecule has 1 aliphatic heterocycles. The summed E-state index contributed by atoms with van der Waals surface area (Å²) in [6.45, 7) is 1.46. The lowest BCUT2D eigenvalue weighted by Gasteiger charge is -2.30. The predicted octanol–water partition coefficient (Wildman–Crippen LogP) is -0.319. The summed E-state index contributed by atoms with van der Waals surface area (Å²) in [7, 11) is 1.75. The zero-order valence-electron chi connectivity index (χ0n) is 7.25. The van der Waals surface area contributed by atoms with Gasteiger partial charge in [-0.15, -0.1) is 0 Å². The van der Waals surface area contributed by atoms with E-state index in [-0.39, 0.29) is 12.1 Å². The molecule has 3 N–H and O–H groups in total. The third kappa shape index (κ3) is 2.09. The second kappa shape index (κ2) is 4.27. The molecule has 0 radical (unpaired) electrons. The molecule has 0 aliphatic carbocycles. The van der Waals surface area contributed by atoms with Gasteiger partial charge in [0.05, 0.1) is 0 Å². The van der Waals surface area contributed by atoms with E-state index in [2.05, 4.69) is 5.43 Å². The summed E-state index contributed by atoms with van der Waals surface area (Å²) in [6.07, 6.45) is 1.79. The van der Waals surface area contributed by atoms with Crippen LogP contribution in [0.3, 0.4) is 0 Å². The first-order valence-electron chi connectivity index (χ1n) is 4.07. The van der Waals surface area contributed by atoms with Gasteiger partial charge >= 0.3 is 6.03 Å². The zero-order chi connectivity index (χ0) is 8.97. The Morgan fingerprint density at radius 1 is 1.58 bits per heavy atom. The molecule has 5 heteroatoms. The molecule has 12 heavy (non-hydrogen) atoms. The van der Waals surface area contributed by atoms with E-state index in [1.54, 1.807) is 11.9 Å². The second-order valence-electron chi connectivity index (χ2n) is 2.90. The van der Waals surface area contributed by atoms with E-state index in [1.165, 1.54) is 0 Å². The molecule has 2 amide bonds. The molecule has 5 nitrogen and oxygen atoms in total. The molecule has 1 rings (SSSR count). The molecule has 0 saturated carbocycles. The van der Waals surface area contributed by atoms with E-state index in [0.29, 0.717) is 0 Å². The van der Waals surface area contributed by atoms with E-state index in [9.17, 15) is 4.79 Å². The molecule has 1 saturated heterocycles. The minimum atomic E-state index is -0.234. The van der Waals surface area contributed by atoms with Gasteiger partial charge < -0.3 is 9.64 Å². The third-order valence-corrected chi connectivity index (χ3v) is 2.18. The van der Waals surface area contributed by atoms with Crippen LogP contribution in [0.25, 0.3) is 0 Å². The molecule has 1 fully saturated rings. The number of carbonyl (C=O) groups excluding carboxylic acids is 1. The molecule has 70 valence electrons. The highest BCUT2D eigenvalue weighted by atomic mass is 16.5. The fourth-order valence-corrected chi connectivity index (χ4v) is 1.34. The topological polar surface area (TPSA) is 67.6 Å². The van der Waals surface area contributed by atoms with Crippen LogP contribution in [0, 0.1) is 0 Å². The molecule has 0 aromatic carbocycles. The van der Waals surface area contributed by atoms with Crippen molar-refractivity contribution < 1.29 is 9.53 Å². The van der Waals surface area contributed by atoms with Crippen molar-refractivity contribution in [2.45, 2.75) is 18.9 Å². The minimum absolute atomic E-state index is 0.234. The van der Waals surface area contributed by atoms with E-state index < -0.39 is 0 Å². The predicted molar refractivity (Wildman–Crippen MR) is 44.3 cm³/mol. The number of hydrogen-bond acceptors (Lipinski definition) is 3. The average molecular weight is 173 g/mol. The van der Waals surface area contributed by atoms with Gasteiger partial charge in [-0.3, -0.25) is 5.43 Å². The Morgan fingerprint density at radius 2 is 2.17 bits per heavy atom. The van der Waals surface area contributed by atoms with Gasteiger partial charge in [-0.25, -0.2) is 10.6 Å². The molecule has 0 bridgehead atoms. The van der Waals surface area contributed by atoms with Crippen molar-refractivity contribution in [3.63, 3.8) is 0 Å². The van der Waals surface area contributed by atoms with Crippen molar-refractivity contribution in [3.05, 3.63) is 0 Å². The van der Waals surface area contributed by atoms with Crippen molar-refractivity contribution >= 4 is 6.03 Å². The van der Waals surface area contributed by atoms with Gasteiger partial charge in [0.25, 0.3) is 0 Å². The van der Waals surface area contributed by atoms with Crippen LogP contribution in [0.4, 0.5) is 4.79 Å². The van der Waals surface area contributed by atoms with Gasteiger partial charge in [0.2, 0.25) is 0 Å². The molecular formula is C7H15N3O2. The summed E-state index contributed by atoms with van der Waals surface area (Å²) in [6, 6.07) is 0.0317. The first-order valence-corrected chi connectivity index (χ1v) is 4.07. The number of nitrogens with zero attached hydrogens (tertiary/aromatic N) is 1. The van der Waals surface area contributed by atoms with E-state index in [4.69, 9.17) is 10.6 Å². The molecule has 0 atom stereocenters. The first-order chi connectivity index (χ1) is 5.75. The molecule has 1 heterocycles. The molecular weight excluding hydrogens is 158 g/mol. The van der Waals surface area contributed by atoms with Crippen molar-refractivity contribution in [3.8, 4) is 0 Å². The van der Waals surface area contributed by atoms with Crippen LogP contribution < -0.4 is 11.3 Å². The van der Waals surface area contributed by atoms with Crippen molar-refractivity contribution in [2.24, 2.45) is 5.84 Å². The van der Waals surface area contributed by atoms with Crippen LogP contribution in [0.15, 0.2) is 0 Å². The van der Waals surface area contributed by atoms with Gasteiger partial charge in [0.15, 0.2) is 0 Å². The highest BCUT2D eigenvalue weighted by molar-refractivity contribution is 5.73. The fourth-order valence-electron chi connectivity index (χ4n) is 1.34. The molecule has 0 aromatic heterocycles. The smallest absolute Gasteiger partial charge is 0.331 e. The summed E-state index contributed by atoms with van der Waals surface area (Å²) < 4.78 is 5.17. The van der Waals surface area contributed by atoms with Gasteiger partial charge in [-0.05, 0) is 12.8 Å². The van der Waals surface area contributed by atoms with E-state index >= 15 is 0 Å². The maximum absolute atomic E-state index is 11.1. The van der Waals surface area contributed by atoms with Crippen LogP contribution >= 0.6 is 0 Å². The standard InChI is InChI=1S/C7H15N3O2/c1-10(7(11)9-8)6-2-4-12-5-3-6/h6H,2-5,8H2,1H3,(H,9,11). The molecule has 0 spiro atoms. The first kappa shape index (κ1) is 9.28. The summed E-state index contributed by atoms with van der Waals surface area (Å²) in [5.74, 6) is 5.01. The summed E-state index contributed by atoms with van der Waals surface area (Å²) in [4.78, 5) is 12.7. The van der Waals surface area contributed by atoms with Crippen LogP contribution in [0.2, 0.25) is 0 Å². The Kier molecular flexibility index (Phi) is 3.31. The Balaban J connectivity index is 2.39. The minimum Gasteiger partial charge on any atom is -0.381 e. The quantitative estimate of drug-likeness (QED) is 0.324. The van der Waals surface area contributed by atoms with Gasteiger partial charge in [0, 0.05) is 26.3 Å². The number of amides is 2. The number of ether oxygens (including phenoxy) is 1. The lowest BCUT2D eigenvalue weighted by atomic mass is 10.1. The Labute approximate surface area is 71.8 Å². The average Bonchev–Trinajstić information content (AvgIpc) is 2.17. The van der Waals surface area contributed by atoms with Gasteiger partial charge in [0.1, 0.15) is 0 Å². The zero-order valence-corrected chi connectivity index (χ0v) is 7.25. The fraction of sp³-hybridized carbons (Fsp3) is 0.857. The van der Waals surface area contributed by atoms with Crippen LogP contribution in [0.5, 0.6) is 0 Å². The maximum atomic E-state index is 11.1. The number of hydrazine groups is 1. The largest absolute Gasteiger partial charge is 0.381 e. The SMILES string of the molecule is CN(C(=O)NN)C1CCOCC1. The van der Waals surface area contributed by atoms with Crippen LogP contribution in [-0.4, -0.2) is 37.2 Å². The van der Waals surface area contributed by atoms with Crippen molar-refractivity contribution in [2.75, 3.05) is 20.3 Å². The lowest BCUT2D eigenvalue weighted by molar-refractivity contribution is 0.0526. The van der Waals surface area contributed by atoms with Crippen molar-refractivity contribution in [1.29, 1.82) is 0 Å². The second-order valence-corrected chi connectivity index (χ2v) is 2.90. The van der Waals surface area contributed by atoms with Gasteiger partial charge in [-0.1, -0.05) is 0 Å². The van der Waals surface area contributed by atoms with Crippen molar-refractivity contribution in [1.82, 2.24) is 10.3 Å². The monoisotopic (exact) mass is 173 g/mol. The maximum Gasteiger partial charge on any atom is 0.331 e. The summed E-state index contributed by atoms with van der Waals surface area (Å²) >= 11 is 0. The Hall–Kier alpha value is -0.810. The van der Waals surface area contributed by atoms with E-state index in [0.717, 1.165) is 26.1 Å². The number of urea groups is 1. The Morgan fingerprint density at radius 3 is 2.67 bits per heavy atom. The number of nitrogens with one attached hydrogen (secondary N) is 1. The van der Waals surface area contributed by atoms with Gasteiger partial charge in [-0.2, -0.15) is 0 Å². The van der Waals surface area contributed by atoms with E-state index in [1.807, 2.05) is 0 Å². The summed E-state index contributed by atoms with van der Waals surface area (Å²) in [5.41, 5.74) is 2.11. The highest BCUT2D eigenvalue weighted by Gasteiger charge is 2.21. The normalized spacial score (nSPS) is 18.8. The number of rotatable bonds is 1. The number of carbonyl (C=O) groups is 1. The number of nitrogens with two attached hydrogens (primary N) is 1. The summed E-state index contributed by atoms with van der Waals surface area (Å²) in [5, 5.41) is 0. The Bertz CT molecular complexity index is 157. The highest BCUT2D eigenvalue weighted by Crippen LogP contribution is 2.12. The van der Waals surface area contributed by atoms with Crippen LogP contribution in [0.1, 0.15) is 12.8 Å². The lowest BCUT2D eigenvalue weighted by Crippen LogP contribution is -2.47. The molecule has 1 aliphatic rings.